The van der Waals surface area contributed by atoms with E-state index in [4.69, 9.17) is 4.74 Å². The summed E-state index contributed by atoms with van der Waals surface area (Å²) in [6.07, 6.45) is 4.71. The van der Waals surface area contributed by atoms with Crippen LogP contribution in [-0.2, 0) is 4.74 Å². The van der Waals surface area contributed by atoms with Gasteiger partial charge in [-0.25, -0.2) is 0 Å². The molecule has 0 bridgehead atoms. The van der Waals surface area contributed by atoms with Crippen LogP contribution in [0, 0.1) is 5.41 Å². The summed E-state index contributed by atoms with van der Waals surface area (Å²) in [6.45, 7) is 9.58. The smallest absolute Gasteiger partial charge is 0.0593 e. The van der Waals surface area contributed by atoms with Gasteiger partial charge in [-0.1, -0.05) is 20.3 Å². The van der Waals surface area contributed by atoms with Gasteiger partial charge in [-0.15, -0.1) is 0 Å². The summed E-state index contributed by atoms with van der Waals surface area (Å²) in [6, 6.07) is 0. The molecule has 96 valence electrons. The number of hydrogen-bond acceptors (Lipinski definition) is 3. The van der Waals surface area contributed by atoms with Crippen LogP contribution >= 0.6 is 0 Å². The monoisotopic (exact) mass is 229 g/mol. The lowest BCUT2D eigenvalue weighted by Crippen LogP contribution is -2.44. The van der Waals surface area contributed by atoms with Gasteiger partial charge >= 0.3 is 0 Å². The second-order valence-corrected chi connectivity index (χ2v) is 5.31. The zero-order valence-corrected chi connectivity index (χ0v) is 10.9. The third-order valence-corrected chi connectivity index (χ3v) is 3.44. The third kappa shape index (κ3) is 4.81. The van der Waals surface area contributed by atoms with Crippen LogP contribution in [0.25, 0.3) is 0 Å². The molecule has 1 atom stereocenters. The Labute approximate surface area is 99.8 Å². The Balaban J connectivity index is 2.12. The molecule has 3 nitrogen and oxygen atoms in total. The minimum Gasteiger partial charge on any atom is -0.396 e. The highest BCUT2D eigenvalue weighted by atomic mass is 16.5. The maximum atomic E-state index is 9.35. The van der Waals surface area contributed by atoms with Gasteiger partial charge in [-0.2, -0.15) is 0 Å². The maximum Gasteiger partial charge on any atom is 0.0593 e. The molecule has 0 aromatic carbocycles. The van der Waals surface area contributed by atoms with Gasteiger partial charge in [0, 0.05) is 31.7 Å². The van der Waals surface area contributed by atoms with Crippen LogP contribution in [-0.4, -0.2) is 49.5 Å². The van der Waals surface area contributed by atoms with E-state index >= 15 is 0 Å². The van der Waals surface area contributed by atoms with E-state index in [1.54, 1.807) is 0 Å². The molecule has 0 aliphatic carbocycles. The zero-order valence-electron chi connectivity index (χ0n) is 10.9. The molecule has 1 N–H and O–H groups in total. The minimum atomic E-state index is 0.113. The average molecular weight is 229 g/mol. The Kier molecular flexibility index (Phi) is 6.32. The van der Waals surface area contributed by atoms with Crippen LogP contribution in [0.4, 0.5) is 0 Å². The van der Waals surface area contributed by atoms with Crippen molar-refractivity contribution in [3.8, 4) is 0 Å². The largest absolute Gasteiger partial charge is 0.396 e. The number of ether oxygens (including phenoxy) is 1. The molecule has 1 rings (SSSR count). The Hall–Kier alpha value is -0.120. The summed E-state index contributed by atoms with van der Waals surface area (Å²) < 4.78 is 5.57. The first-order chi connectivity index (χ1) is 7.70. The molecule has 1 fully saturated rings. The molecule has 1 unspecified atom stereocenters. The van der Waals surface area contributed by atoms with E-state index in [1.807, 2.05) is 0 Å². The van der Waals surface area contributed by atoms with E-state index < -0.39 is 0 Å². The summed E-state index contributed by atoms with van der Waals surface area (Å²) in [5.74, 6) is 0. The summed E-state index contributed by atoms with van der Waals surface area (Å²) in [7, 11) is 0. The van der Waals surface area contributed by atoms with Crippen LogP contribution in [0.5, 0.6) is 0 Å². The summed E-state index contributed by atoms with van der Waals surface area (Å²) in [4.78, 5) is 2.42. The molecule has 3 heteroatoms. The molecular weight excluding hydrogens is 202 g/mol. The van der Waals surface area contributed by atoms with Crippen molar-refractivity contribution in [2.24, 2.45) is 5.41 Å². The van der Waals surface area contributed by atoms with Crippen molar-refractivity contribution in [2.45, 2.75) is 39.5 Å². The maximum absolute atomic E-state index is 9.35. The van der Waals surface area contributed by atoms with Crippen molar-refractivity contribution in [1.82, 2.24) is 4.90 Å². The minimum absolute atomic E-state index is 0.113. The van der Waals surface area contributed by atoms with E-state index in [9.17, 15) is 5.11 Å². The normalized spacial score (nSPS) is 27.2. The highest BCUT2D eigenvalue weighted by molar-refractivity contribution is 4.82. The number of unbranched alkanes of at least 4 members (excludes halogenated alkanes) is 1. The van der Waals surface area contributed by atoms with Gasteiger partial charge in [0.2, 0.25) is 0 Å². The van der Waals surface area contributed by atoms with Gasteiger partial charge in [0.1, 0.15) is 0 Å². The topological polar surface area (TPSA) is 32.7 Å². The molecule has 16 heavy (non-hydrogen) atoms. The van der Waals surface area contributed by atoms with Gasteiger partial charge in [0.05, 0.1) is 6.61 Å². The first-order valence-electron chi connectivity index (χ1n) is 6.61. The number of piperidine rings is 1. The first kappa shape index (κ1) is 13.9. The second-order valence-electron chi connectivity index (χ2n) is 5.31. The quantitative estimate of drug-likeness (QED) is 0.677. The number of nitrogens with zero attached hydrogens (tertiary/aromatic N) is 1. The average Bonchev–Trinajstić information content (AvgIpc) is 2.29. The number of aliphatic hydroxyl groups is 1. The van der Waals surface area contributed by atoms with E-state index in [0.29, 0.717) is 6.61 Å². The van der Waals surface area contributed by atoms with Gasteiger partial charge in [-0.3, -0.25) is 0 Å². The lowest BCUT2D eigenvalue weighted by molar-refractivity contribution is 0.0269. The molecule has 0 radical (unpaired) electrons. The third-order valence-electron chi connectivity index (χ3n) is 3.44. The van der Waals surface area contributed by atoms with Crippen molar-refractivity contribution in [3.63, 3.8) is 0 Å². The molecular formula is C13H27NO2. The lowest BCUT2D eigenvalue weighted by Gasteiger charge is -2.39. The summed E-state index contributed by atoms with van der Waals surface area (Å²) >= 11 is 0. The number of hydrogen-bond donors (Lipinski definition) is 1. The molecule has 1 saturated heterocycles. The van der Waals surface area contributed by atoms with Crippen LogP contribution in [0.1, 0.15) is 39.5 Å². The number of likely N-dealkylation sites (tertiary alicyclic amines) is 1. The predicted octanol–water partition coefficient (Wildman–Crippen LogP) is 1.90. The molecule has 1 aliphatic heterocycles. The Morgan fingerprint density at radius 2 is 2.19 bits per heavy atom. The van der Waals surface area contributed by atoms with Gasteiger partial charge in [0.25, 0.3) is 0 Å². The van der Waals surface area contributed by atoms with E-state index in [0.717, 1.165) is 45.7 Å². The fourth-order valence-electron chi connectivity index (χ4n) is 2.29. The Bertz CT molecular complexity index is 187. The van der Waals surface area contributed by atoms with Gasteiger partial charge < -0.3 is 14.7 Å². The SMILES string of the molecule is CCCCOCCN1CCCC(C)(CO)C1. The first-order valence-corrected chi connectivity index (χ1v) is 6.61. The van der Waals surface area contributed by atoms with Crippen LogP contribution in [0.3, 0.4) is 0 Å². The predicted molar refractivity (Wildman–Crippen MR) is 66.6 cm³/mol. The van der Waals surface area contributed by atoms with E-state index in [1.165, 1.54) is 12.8 Å². The van der Waals surface area contributed by atoms with Crippen molar-refractivity contribution in [2.75, 3.05) is 39.5 Å². The fourth-order valence-corrected chi connectivity index (χ4v) is 2.29. The van der Waals surface area contributed by atoms with Crippen molar-refractivity contribution >= 4 is 0 Å². The molecule has 0 spiro atoms. The summed E-state index contributed by atoms with van der Waals surface area (Å²) in [5.41, 5.74) is 0.113. The van der Waals surface area contributed by atoms with Crippen LogP contribution in [0.15, 0.2) is 0 Å². The van der Waals surface area contributed by atoms with E-state index in [-0.39, 0.29) is 5.41 Å². The Morgan fingerprint density at radius 3 is 2.88 bits per heavy atom. The lowest BCUT2D eigenvalue weighted by atomic mass is 9.83. The molecule has 1 aliphatic rings. The molecule has 0 aromatic rings. The fraction of sp³-hybridized carbons (Fsp3) is 1.00. The molecule has 0 amide bonds. The number of aliphatic hydroxyl groups excluding tert-OH is 1. The summed E-state index contributed by atoms with van der Waals surface area (Å²) in [5, 5.41) is 9.35. The zero-order chi connectivity index (χ0) is 11.9. The van der Waals surface area contributed by atoms with Crippen molar-refractivity contribution in [1.29, 1.82) is 0 Å². The molecule has 0 saturated carbocycles. The molecule has 1 heterocycles. The second kappa shape index (κ2) is 7.25. The number of rotatable bonds is 7. The highest BCUT2D eigenvalue weighted by Gasteiger charge is 2.29. The van der Waals surface area contributed by atoms with Gasteiger partial charge in [0.15, 0.2) is 0 Å². The van der Waals surface area contributed by atoms with E-state index in [2.05, 4.69) is 18.7 Å². The highest BCUT2D eigenvalue weighted by Crippen LogP contribution is 2.28. The standard InChI is InChI=1S/C13H27NO2/c1-3-4-9-16-10-8-14-7-5-6-13(2,11-14)12-15/h15H,3-12H2,1-2H3. The van der Waals surface area contributed by atoms with Crippen LogP contribution < -0.4 is 0 Å². The van der Waals surface area contributed by atoms with Gasteiger partial charge in [-0.05, 0) is 25.8 Å². The van der Waals surface area contributed by atoms with Crippen molar-refractivity contribution < 1.29 is 9.84 Å². The Morgan fingerprint density at radius 1 is 1.38 bits per heavy atom. The van der Waals surface area contributed by atoms with Crippen molar-refractivity contribution in [3.05, 3.63) is 0 Å². The van der Waals surface area contributed by atoms with Crippen LogP contribution in [0.2, 0.25) is 0 Å². The molecule has 0 aromatic heterocycles.